The van der Waals surface area contributed by atoms with Crippen molar-refractivity contribution < 1.29 is 9.84 Å². The van der Waals surface area contributed by atoms with E-state index in [1.807, 2.05) is 6.07 Å². The number of nitrogens with zero attached hydrogens (tertiary/aromatic N) is 1. The Morgan fingerprint density at radius 2 is 2.26 bits per heavy atom. The van der Waals surface area contributed by atoms with Gasteiger partial charge in [-0.3, -0.25) is 4.90 Å². The monoisotopic (exact) mass is 314 g/mol. The van der Waals surface area contributed by atoms with Crippen molar-refractivity contribution in [3.8, 4) is 11.5 Å². The van der Waals surface area contributed by atoms with Gasteiger partial charge in [-0.2, -0.15) is 0 Å². The summed E-state index contributed by atoms with van der Waals surface area (Å²) in [6.45, 7) is 4.60. The number of benzene rings is 1. The van der Waals surface area contributed by atoms with Crippen molar-refractivity contribution in [1.29, 1.82) is 0 Å². The van der Waals surface area contributed by atoms with Gasteiger partial charge >= 0.3 is 0 Å². The molecule has 1 spiro atoms. The summed E-state index contributed by atoms with van der Waals surface area (Å²) in [5.41, 5.74) is 9.24. The minimum absolute atomic E-state index is 0.0498. The van der Waals surface area contributed by atoms with E-state index in [1.54, 1.807) is 0 Å². The molecule has 2 aliphatic carbocycles. The van der Waals surface area contributed by atoms with Gasteiger partial charge in [0, 0.05) is 23.1 Å². The zero-order chi connectivity index (χ0) is 15.8. The quantitative estimate of drug-likeness (QED) is 0.878. The molecule has 1 saturated carbocycles. The summed E-state index contributed by atoms with van der Waals surface area (Å²) in [7, 11) is 0. The van der Waals surface area contributed by atoms with Gasteiger partial charge in [-0.25, -0.2) is 0 Å². The van der Waals surface area contributed by atoms with E-state index in [-0.39, 0.29) is 17.6 Å². The summed E-state index contributed by atoms with van der Waals surface area (Å²) in [6.07, 6.45) is 5.72. The molecule has 0 radical (unpaired) electrons. The molecule has 4 aliphatic rings. The van der Waals surface area contributed by atoms with Crippen LogP contribution in [0.3, 0.4) is 0 Å². The minimum atomic E-state index is 0.0498. The van der Waals surface area contributed by atoms with Gasteiger partial charge in [0.1, 0.15) is 6.10 Å². The zero-order valence-electron chi connectivity index (χ0n) is 13.8. The Morgan fingerprint density at radius 3 is 3.09 bits per heavy atom. The Morgan fingerprint density at radius 1 is 1.39 bits per heavy atom. The van der Waals surface area contributed by atoms with E-state index in [9.17, 15) is 5.11 Å². The first-order valence-corrected chi connectivity index (χ1v) is 9.18. The standard InChI is InChI=1S/C19H26N2O2/c1-2-8-21-9-7-19-12-4-5-13(20)18(19)23-17-15(22)6-3-11(16(17)19)10-14(12)21/h3,6,12-14,18,22H,2,4-5,7-10,20H2,1H3/t12-,13+,14+,18-,19-/m0/s1. The first-order chi connectivity index (χ1) is 11.2. The van der Waals surface area contributed by atoms with Gasteiger partial charge in [0.05, 0.1) is 0 Å². The number of phenolic OH excluding ortho intramolecular Hbond substituents is 1. The van der Waals surface area contributed by atoms with Crippen molar-refractivity contribution in [1.82, 2.24) is 4.90 Å². The molecule has 2 bridgehead atoms. The summed E-state index contributed by atoms with van der Waals surface area (Å²) in [6, 6.07) is 4.64. The highest BCUT2D eigenvalue weighted by molar-refractivity contribution is 5.60. The Bertz CT molecular complexity index is 661. The molecule has 2 fully saturated rings. The zero-order valence-corrected chi connectivity index (χ0v) is 13.8. The fourth-order valence-corrected chi connectivity index (χ4v) is 6.23. The Labute approximate surface area is 137 Å². The topological polar surface area (TPSA) is 58.7 Å². The molecule has 4 heteroatoms. The van der Waals surface area contributed by atoms with Crippen LogP contribution in [-0.4, -0.2) is 41.3 Å². The maximum atomic E-state index is 10.4. The van der Waals surface area contributed by atoms with Crippen LogP contribution >= 0.6 is 0 Å². The molecule has 5 rings (SSSR count). The van der Waals surface area contributed by atoms with Crippen LogP contribution in [0.15, 0.2) is 12.1 Å². The van der Waals surface area contributed by atoms with E-state index in [0.29, 0.717) is 17.7 Å². The van der Waals surface area contributed by atoms with Crippen LogP contribution < -0.4 is 10.5 Å². The summed E-state index contributed by atoms with van der Waals surface area (Å²) >= 11 is 0. The van der Waals surface area contributed by atoms with Gasteiger partial charge in [0.2, 0.25) is 0 Å². The Balaban J connectivity index is 1.72. The molecule has 2 aliphatic heterocycles. The summed E-state index contributed by atoms with van der Waals surface area (Å²) in [5.74, 6) is 1.67. The molecule has 1 aromatic rings. The van der Waals surface area contributed by atoms with Crippen LogP contribution in [0.25, 0.3) is 0 Å². The second-order valence-electron chi connectivity index (χ2n) is 7.93. The lowest BCUT2D eigenvalue weighted by Gasteiger charge is -2.59. The van der Waals surface area contributed by atoms with Crippen molar-refractivity contribution in [2.24, 2.45) is 11.7 Å². The Hall–Kier alpha value is -1.26. The third-order valence-corrected chi connectivity index (χ3v) is 6.99. The van der Waals surface area contributed by atoms with Gasteiger partial charge < -0.3 is 15.6 Å². The molecule has 0 amide bonds. The van der Waals surface area contributed by atoms with E-state index in [0.717, 1.165) is 31.6 Å². The number of hydrogen-bond acceptors (Lipinski definition) is 4. The Kier molecular flexibility index (Phi) is 2.85. The van der Waals surface area contributed by atoms with E-state index < -0.39 is 0 Å². The lowest BCUT2D eigenvalue weighted by Crippen LogP contribution is -2.68. The summed E-state index contributed by atoms with van der Waals surface area (Å²) in [4.78, 5) is 2.71. The van der Waals surface area contributed by atoms with Gasteiger partial charge in [-0.05, 0) is 62.7 Å². The maximum Gasteiger partial charge on any atom is 0.165 e. The number of hydrogen-bond donors (Lipinski definition) is 2. The van der Waals surface area contributed by atoms with Crippen molar-refractivity contribution in [3.05, 3.63) is 23.3 Å². The molecule has 0 unspecified atom stereocenters. The van der Waals surface area contributed by atoms with Gasteiger partial charge in [0.15, 0.2) is 11.5 Å². The molecule has 2 heterocycles. The van der Waals surface area contributed by atoms with E-state index in [1.165, 1.54) is 30.5 Å². The maximum absolute atomic E-state index is 10.4. The fourth-order valence-electron chi connectivity index (χ4n) is 6.23. The number of aromatic hydroxyl groups is 1. The second kappa shape index (κ2) is 4.64. The van der Waals surface area contributed by atoms with E-state index in [2.05, 4.69) is 17.9 Å². The third kappa shape index (κ3) is 1.59. The highest BCUT2D eigenvalue weighted by Crippen LogP contribution is 2.63. The molecular weight excluding hydrogens is 288 g/mol. The third-order valence-electron chi connectivity index (χ3n) is 6.99. The lowest BCUT2D eigenvalue weighted by molar-refractivity contribution is -0.0591. The highest BCUT2D eigenvalue weighted by atomic mass is 16.5. The average molecular weight is 314 g/mol. The molecule has 124 valence electrons. The molecule has 3 N–H and O–H groups in total. The first kappa shape index (κ1) is 14.1. The number of phenols is 1. The lowest BCUT2D eigenvalue weighted by atomic mass is 9.51. The van der Waals surface area contributed by atoms with Crippen molar-refractivity contribution >= 4 is 0 Å². The summed E-state index contributed by atoms with van der Waals surface area (Å²) in [5, 5.41) is 10.4. The predicted molar refractivity (Wildman–Crippen MR) is 88.9 cm³/mol. The molecule has 1 saturated heterocycles. The van der Waals surface area contributed by atoms with E-state index in [4.69, 9.17) is 10.5 Å². The van der Waals surface area contributed by atoms with Crippen LogP contribution in [0.5, 0.6) is 11.5 Å². The van der Waals surface area contributed by atoms with Crippen LogP contribution in [0.4, 0.5) is 0 Å². The smallest absolute Gasteiger partial charge is 0.165 e. The highest BCUT2D eigenvalue weighted by Gasteiger charge is 2.65. The van der Waals surface area contributed by atoms with Gasteiger partial charge in [0.25, 0.3) is 0 Å². The normalized spacial score (nSPS) is 40.6. The van der Waals surface area contributed by atoms with Crippen LogP contribution in [0, 0.1) is 5.92 Å². The number of likely N-dealkylation sites (tertiary alicyclic amines) is 1. The van der Waals surface area contributed by atoms with Crippen molar-refractivity contribution in [2.45, 2.75) is 62.6 Å². The first-order valence-electron chi connectivity index (χ1n) is 9.18. The van der Waals surface area contributed by atoms with Crippen molar-refractivity contribution in [2.75, 3.05) is 13.1 Å². The van der Waals surface area contributed by atoms with Crippen molar-refractivity contribution in [3.63, 3.8) is 0 Å². The SMILES string of the molecule is CCCN1CC[C@]23c4c5ccc(O)c4O[C@H]2[C@H](N)CC[C@H]3[C@H]1C5. The fraction of sp³-hybridized carbons (Fsp3) is 0.684. The van der Waals surface area contributed by atoms with E-state index >= 15 is 0 Å². The predicted octanol–water partition coefficient (Wildman–Crippen LogP) is 2.17. The van der Waals surface area contributed by atoms with Crippen LogP contribution in [-0.2, 0) is 11.8 Å². The molecule has 5 atom stereocenters. The average Bonchev–Trinajstić information content (AvgIpc) is 2.89. The number of ether oxygens (including phenoxy) is 1. The summed E-state index contributed by atoms with van der Waals surface area (Å²) < 4.78 is 6.32. The number of nitrogens with two attached hydrogens (primary N) is 1. The largest absolute Gasteiger partial charge is 0.504 e. The second-order valence-corrected chi connectivity index (χ2v) is 7.93. The molecule has 0 aromatic heterocycles. The minimum Gasteiger partial charge on any atom is -0.504 e. The molecule has 1 aromatic carbocycles. The van der Waals surface area contributed by atoms with Crippen LogP contribution in [0.2, 0.25) is 0 Å². The van der Waals surface area contributed by atoms with Gasteiger partial charge in [-0.15, -0.1) is 0 Å². The number of rotatable bonds is 2. The van der Waals surface area contributed by atoms with Crippen LogP contribution in [0.1, 0.15) is 43.7 Å². The number of piperidine rings is 1. The molecule has 23 heavy (non-hydrogen) atoms. The molecule has 4 nitrogen and oxygen atoms in total. The van der Waals surface area contributed by atoms with Gasteiger partial charge in [-0.1, -0.05) is 13.0 Å². The molecular formula is C19H26N2O2.